The molecule has 0 aliphatic carbocycles. The van der Waals surface area contributed by atoms with Crippen LogP contribution in [-0.2, 0) is 0 Å². The molecule has 1 saturated heterocycles. The van der Waals surface area contributed by atoms with E-state index in [0.717, 1.165) is 19.0 Å². The summed E-state index contributed by atoms with van der Waals surface area (Å²) in [5, 5.41) is 3.77. The van der Waals surface area contributed by atoms with Crippen LogP contribution in [0.25, 0.3) is 0 Å². The zero-order valence-corrected chi connectivity index (χ0v) is 13.7. The van der Waals surface area contributed by atoms with Crippen molar-refractivity contribution in [3.8, 4) is 0 Å². The van der Waals surface area contributed by atoms with Crippen molar-refractivity contribution >= 4 is 5.69 Å². The van der Waals surface area contributed by atoms with Crippen LogP contribution in [0.5, 0.6) is 0 Å². The summed E-state index contributed by atoms with van der Waals surface area (Å²) in [6, 6.07) is 10.2. The SMILES string of the molecule is CCC(C)C1CN(c2ccc(C)cc2)C(C(C)C)CN1. The van der Waals surface area contributed by atoms with Gasteiger partial charge in [-0.1, -0.05) is 51.8 Å². The molecule has 1 aliphatic heterocycles. The van der Waals surface area contributed by atoms with Gasteiger partial charge in [0, 0.05) is 30.9 Å². The van der Waals surface area contributed by atoms with Gasteiger partial charge in [0.05, 0.1) is 0 Å². The third-order valence-electron chi connectivity index (χ3n) is 4.85. The second-order valence-electron chi connectivity index (χ2n) is 6.70. The molecule has 0 aromatic heterocycles. The van der Waals surface area contributed by atoms with Crippen molar-refractivity contribution in [2.45, 2.75) is 53.1 Å². The maximum Gasteiger partial charge on any atom is 0.0438 e. The Bertz CT molecular complexity index is 410. The third kappa shape index (κ3) is 3.35. The van der Waals surface area contributed by atoms with Crippen molar-refractivity contribution in [2.24, 2.45) is 11.8 Å². The van der Waals surface area contributed by atoms with Crippen molar-refractivity contribution < 1.29 is 0 Å². The van der Waals surface area contributed by atoms with Crippen molar-refractivity contribution in [3.63, 3.8) is 0 Å². The Hall–Kier alpha value is -1.02. The largest absolute Gasteiger partial charge is 0.365 e. The van der Waals surface area contributed by atoms with Gasteiger partial charge in [0.15, 0.2) is 0 Å². The fraction of sp³-hybridized carbons (Fsp3) is 0.667. The first-order chi connectivity index (χ1) is 9.52. The summed E-state index contributed by atoms with van der Waals surface area (Å²) in [5.41, 5.74) is 2.72. The highest BCUT2D eigenvalue weighted by Gasteiger charge is 2.31. The van der Waals surface area contributed by atoms with Crippen LogP contribution in [0.15, 0.2) is 24.3 Å². The van der Waals surface area contributed by atoms with Crippen molar-refractivity contribution in [1.82, 2.24) is 5.32 Å². The summed E-state index contributed by atoms with van der Waals surface area (Å²) < 4.78 is 0. The summed E-state index contributed by atoms with van der Waals surface area (Å²) in [7, 11) is 0. The van der Waals surface area contributed by atoms with Gasteiger partial charge in [0.2, 0.25) is 0 Å². The Morgan fingerprint density at radius 3 is 2.40 bits per heavy atom. The fourth-order valence-corrected chi connectivity index (χ4v) is 3.09. The molecule has 1 heterocycles. The van der Waals surface area contributed by atoms with E-state index in [1.54, 1.807) is 0 Å². The fourth-order valence-electron chi connectivity index (χ4n) is 3.09. The number of benzene rings is 1. The van der Waals surface area contributed by atoms with E-state index >= 15 is 0 Å². The summed E-state index contributed by atoms with van der Waals surface area (Å²) >= 11 is 0. The standard InChI is InChI=1S/C18H30N2/c1-6-15(5)17-12-20(18(11-19-17)13(2)3)16-9-7-14(4)8-10-16/h7-10,13,15,17-19H,6,11-12H2,1-5H3. The minimum Gasteiger partial charge on any atom is -0.365 e. The molecule has 1 N–H and O–H groups in total. The molecule has 2 rings (SSSR count). The van der Waals surface area contributed by atoms with Crippen LogP contribution in [0, 0.1) is 18.8 Å². The van der Waals surface area contributed by atoms with Crippen LogP contribution in [-0.4, -0.2) is 25.2 Å². The Balaban J connectivity index is 2.20. The molecule has 3 atom stereocenters. The summed E-state index contributed by atoms with van der Waals surface area (Å²) in [6.45, 7) is 13.7. The zero-order valence-electron chi connectivity index (χ0n) is 13.7. The third-order valence-corrected chi connectivity index (χ3v) is 4.85. The van der Waals surface area contributed by atoms with Crippen molar-refractivity contribution in [1.29, 1.82) is 0 Å². The highest BCUT2D eigenvalue weighted by Crippen LogP contribution is 2.26. The molecule has 0 amide bonds. The Morgan fingerprint density at radius 1 is 1.20 bits per heavy atom. The quantitative estimate of drug-likeness (QED) is 0.897. The number of piperazine rings is 1. The second kappa shape index (κ2) is 6.62. The first-order valence-corrected chi connectivity index (χ1v) is 8.09. The molecule has 112 valence electrons. The average molecular weight is 274 g/mol. The van der Waals surface area contributed by atoms with Gasteiger partial charge in [-0.3, -0.25) is 0 Å². The molecule has 1 aromatic carbocycles. The highest BCUT2D eigenvalue weighted by molar-refractivity contribution is 5.49. The lowest BCUT2D eigenvalue weighted by molar-refractivity contribution is 0.281. The molecule has 1 aromatic rings. The molecular formula is C18H30N2. The number of anilines is 1. The normalized spacial score (nSPS) is 25.0. The first kappa shape index (κ1) is 15.4. The smallest absolute Gasteiger partial charge is 0.0438 e. The van der Waals surface area contributed by atoms with Gasteiger partial charge in [-0.25, -0.2) is 0 Å². The van der Waals surface area contributed by atoms with Crippen LogP contribution in [0.2, 0.25) is 0 Å². The molecule has 2 nitrogen and oxygen atoms in total. The first-order valence-electron chi connectivity index (χ1n) is 8.09. The maximum absolute atomic E-state index is 3.77. The van der Waals surface area contributed by atoms with Gasteiger partial charge < -0.3 is 10.2 Å². The molecule has 0 saturated carbocycles. The zero-order chi connectivity index (χ0) is 14.7. The van der Waals surface area contributed by atoms with E-state index in [1.807, 2.05) is 0 Å². The van der Waals surface area contributed by atoms with E-state index in [9.17, 15) is 0 Å². The topological polar surface area (TPSA) is 15.3 Å². The van der Waals surface area contributed by atoms with Gasteiger partial charge in [-0.05, 0) is 30.9 Å². The number of hydrogen-bond donors (Lipinski definition) is 1. The van der Waals surface area contributed by atoms with Crippen LogP contribution in [0.3, 0.4) is 0 Å². The molecule has 1 aliphatic rings. The summed E-state index contributed by atoms with van der Waals surface area (Å²) in [6.07, 6.45) is 1.24. The van der Waals surface area contributed by atoms with Gasteiger partial charge in [0.1, 0.15) is 0 Å². The average Bonchev–Trinajstić information content (AvgIpc) is 2.46. The van der Waals surface area contributed by atoms with Gasteiger partial charge in [0.25, 0.3) is 0 Å². The molecule has 0 bridgehead atoms. The molecule has 20 heavy (non-hydrogen) atoms. The number of nitrogens with zero attached hydrogens (tertiary/aromatic N) is 1. The van der Waals surface area contributed by atoms with E-state index in [-0.39, 0.29) is 0 Å². The Labute approximate surface area is 124 Å². The van der Waals surface area contributed by atoms with Gasteiger partial charge in [-0.2, -0.15) is 0 Å². The molecule has 3 unspecified atom stereocenters. The van der Waals surface area contributed by atoms with E-state index in [0.29, 0.717) is 18.0 Å². The van der Waals surface area contributed by atoms with Crippen LogP contribution < -0.4 is 10.2 Å². The van der Waals surface area contributed by atoms with Gasteiger partial charge >= 0.3 is 0 Å². The number of rotatable bonds is 4. The number of hydrogen-bond acceptors (Lipinski definition) is 2. The lowest BCUT2D eigenvalue weighted by Crippen LogP contribution is -2.60. The van der Waals surface area contributed by atoms with E-state index < -0.39 is 0 Å². The lowest BCUT2D eigenvalue weighted by atomic mass is 9.91. The van der Waals surface area contributed by atoms with E-state index in [2.05, 4.69) is 69.1 Å². The predicted octanol–water partition coefficient (Wildman–Crippen LogP) is 3.84. The molecule has 0 spiro atoms. The van der Waals surface area contributed by atoms with Crippen LogP contribution in [0.4, 0.5) is 5.69 Å². The summed E-state index contributed by atoms with van der Waals surface area (Å²) in [5.74, 6) is 1.40. The predicted molar refractivity (Wildman–Crippen MR) is 88.4 cm³/mol. The maximum atomic E-state index is 3.77. The summed E-state index contributed by atoms with van der Waals surface area (Å²) in [4.78, 5) is 2.62. The minimum atomic E-state index is 0.595. The van der Waals surface area contributed by atoms with Gasteiger partial charge in [-0.15, -0.1) is 0 Å². The number of nitrogens with one attached hydrogen (secondary N) is 1. The second-order valence-corrected chi connectivity index (χ2v) is 6.70. The molecular weight excluding hydrogens is 244 g/mol. The highest BCUT2D eigenvalue weighted by atomic mass is 15.2. The number of aryl methyl sites for hydroxylation is 1. The molecule has 2 heteroatoms. The van der Waals surface area contributed by atoms with E-state index in [4.69, 9.17) is 0 Å². The Kier molecular flexibility index (Phi) is 5.09. The van der Waals surface area contributed by atoms with Crippen LogP contribution >= 0.6 is 0 Å². The Morgan fingerprint density at radius 2 is 1.85 bits per heavy atom. The van der Waals surface area contributed by atoms with E-state index in [1.165, 1.54) is 17.7 Å². The lowest BCUT2D eigenvalue weighted by Gasteiger charge is -2.45. The minimum absolute atomic E-state index is 0.595. The molecule has 0 radical (unpaired) electrons. The van der Waals surface area contributed by atoms with Crippen LogP contribution in [0.1, 0.15) is 39.7 Å². The monoisotopic (exact) mass is 274 g/mol. The molecule has 1 fully saturated rings. The van der Waals surface area contributed by atoms with Crippen molar-refractivity contribution in [2.75, 3.05) is 18.0 Å². The van der Waals surface area contributed by atoms with Crippen molar-refractivity contribution in [3.05, 3.63) is 29.8 Å².